The van der Waals surface area contributed by atoms with Crippen molar-refractivity contribution in [3.8, 4) is 0 Å². The summed E-state index contributed by atoms with van der Waals surface area (Å²) in [5, 5.41) is 0. The smallest absolute Gasteiger partial charge is 0.207 e. The van der Waals surface area contributed by atoms with Crippen LogP contribution in [0.2, 0.25) is 0 Å². The molecule has 0 amide bonds. The van der Waals surface area contributed by atoms with Crippen molar-refractivity contribution < 1.29 is 9.15 Å². The van der Waals surface area contributed by atoms with Crippen molar-refractivity contribution >= 4 is 5.71 Å². The summed E-state index contributed by atoms with van der Waals surface area (Å²) in [6.07, 6.45) is 1.37. The van der Waals surface area contributed by atoms with Crippen molar-refractivity contribution in [1.29, 1.82) is 0 Å². The van der Waals surface area contributed by atoms with Gasteiger partial charge in [0.15, 0.2) is 5.76 Å². The topological polar surface area (TPSA) is 34.7 Å². The van der Waals surface area contributed by atoms with Crippen molar-refractivity contribution in [1.82, 2.24) is 0 Å². The van der Waals surface area contributed by atoms with E-state index in [9.17, 15) is 0 Å². The lowest BCUT2D eigenvalue weighted by Gasteiger charge is -2.18. The summed E-state index contributed by atoms with van der Waals surface area (Å²) >= 11 is 0. The van der Waals surface area contributed by atoms with Gasteiger partial charge in [-0.1, -0.05) is 0 Å². The van der Waals surface area contributed by atoms with Gasteiger partial charge < -0.3 is 9.15 Å². The molecule has 1 unspecified atom stereocenters. The molecule has 1 aliphatic heterocycles. The van der Waals surface area contributed by atoms with Gasteiger partial charge in [-0.2, -0.15) is 0 Å². The SMILES string of the molecule is CC1=NC(c2ccco2)OC1(C)C. The van der Waals surface area contributed by atoms with Crippen LogP contribution in [0.4, 0.5) is 0 Å². The van der Waals surface area contributed by atoms with Gasteiger partial charge in [-0.05, 0) is 32.9 Å². The van der Waals surface area contributed by atoms with Crippen molar-refractivity contribution in [3.05, 3.63) is 24.2 Å². The summed E-state index contributed by atoms with van der Waals surface area (Å²) in [6.45, 7) is 5.99. The third kappa shape index (κ3) is 1.40. The highest BCUT2D eigenvalue weighted by Gasteiger charge is 2.34. The normalized spacial score (nSPS) is 26.1. The third-order valence-electron chi connectivity index (χ3n) is 2.38. The van der Waals surface area contributed by atoms with Crippen LogP contribution in [0.15, 0.2) is 27.8 Å². The highest BCUT2D eigenvalue weighted by molar-refractivity contribution is 5.90. The lowest BCUT2D eigenvalue weighted by atomic mass is 10.1. The first kappa shape index (κ1) is 8.51. The Bertz CT molecular complexity index is 325. The van der Waals surface area contributed by atoms with Gasteiger partial charge >= 0.3 is 0 Å². The second-order valence-corrected chi connectivity index (χ2v) is 3.71. The molecule has 1 aliphatic rings. The molecule has 2 rings (SSSR count). The van der Waals surface area contributed by atoms with Gasteiger partial charge in [0.25, 0.3) is 0 Å². The summed E-state index contributed by atoms with van der Waals surface area (Å²) in [5.74, 6) is 0.768. The number of hydrogen-bond donors (Lipinski definition) is 0. The van der Waals surface area contributed by atoms with E-state index >= 15 is 0 Å². The van der Waals surface area contributed by atoms with Crippen molar-refractivity contribution in [3.63, 3.8) is 0 Å². The molecular weight excluding hydrogens is 166 g/mol. The maximum atomic E-state index is 5.71. The molecule has 3 nitrogen and oxygen atoms in total. The quantitative estimate of drug-likeness (QED) is 0.664. The van der Waals surface area contributed by atoms with E-state index < -0.39 is 0 Å². The lowest BCUT2D eigenvalue weighted by molar-refractivity contribution is -0.0139. The van der Waals surface area contributed by atoms with E-state index in [0.717, 1.165) is 11.5 Å². The summed E-state index contributed by atoms with van der Waals surface area (Å²) in [4.78, 5) is 4.38. The number of rotatable bonds is 1. The summed E-state index contributed by atoms with van der Waals surface area (Å²) in [7, 11) is 0. The van der Waals surface area contributed by atoms with E-state index in [1.165, 1.54) is 0 Å². The second kappa shape index (κ2) is 2.70. The molecule has 70 valence electrons. The Morgan fingerprint density at radius 1 is 1.46 bits per heavy atom. The average Bonchev–Trinajstić information content (AvgIpc) is 2.60. The minimum absolute atomic E-state index is 0.259. The van der Waals surface area contributed by atoms with Gasteiger partial charge in [0, 0.05) is 5.71 Å². The molecule has 1 aromatic rings. The minimum Gasteiger partial charge on any atom is -0.464 e. The van der Waals surface area contributed by atoms with Gasteiger partial charge in [-0.25, -0.2) is 0 Å². The zero-order valence-corrected chi connectivity index (χ0v) is 8.07. The fraction of sp³-hybridized carbons (Fsp3) is 0.500. The highest BCUT2D eigenvalue weighted by Crippen LogP contribution is 2.33. The van der Waals surface area contributed by atoms with Gasteiger partial charge in [0.05, 0.1) is 6.26 Å². The van der Waals surface area contributed by atoms with E-state index in [2.05, 4.69) is 4.99 Å². The summed E-state index contributed by atoms with van der Waals surface area (Å²) in [6, 6.07) is 3.72. The molecule has 0 radical (unpaired) electrons. The maximum absolute atomic E-state index is 5.71. The van der Waals surface area contributed by atoms with Crippen LogP contribution >= 0.6 is 0 Å². The molecular formula is C10H13NO2. The monoisotopic (exact) mass is 179 g/mol. The highest BCUT2D eigenvalue weighted by atomic mass is 16.5. The molecule has 0 bridgehead atoms. The fourth-order valence-corrected chi connectivity index (χ4v) is 1.28. The molecule has 0 spiro atoms. The van der Waals surface area contributed by atoms with Gasteiger partial charge in [-0.15, -0.1) is 0 Å². The summed E-state index contributed by atoms with van der Waals surface area (Å²) < 4.78 is 10.9. The maximum Gasteiger partial charge on any atom is 0.207 e. The second-order valence-electron chi connectivity index (χ2n) is 3.71. The number of ether oxygens (including phenoxy) is 1. The lowest BCUT2D eigenvalue weighted by Crippen LogP contribution is -2.27. The first-order chi connectivity index (χ1) is 6.09. The first-order valence-electron chi connectivity index (χ1n) is 4.36. The van der Waals surface area contributed by atoms with E-state index in [1.807, 2.05) is 32.9 Å². The van der Waals surface area contributed by atoms with Crippen LogP contribution in [0.25, 0.3) is 0 Å². The van der Waals surface area contributed by atoms with Crippen LogP contribution in [0.1, 0.15) is 32.8 Å². The molecule has 1 aromatic heterocycles. The van der Waals surface area contributed by atoms with E-state index in [0.29, 0.717) is 0 Å². The Morgan fingerprint density at radius 3 is 2.69 bits per heavy atom. The van der Waals surface area contributed by atoms with Crippen LogP contribution in [0.3, 0.4) is 0 Å². The Labute approximate surface area is 77.4 Å². The standard InChI is InChI=1S/C10H13NO2/c1-7-10(2,3)13-9(11-7)8-5-4-6-12-8/h4-6,9H,1-3H3. The number of nitrogens with zero attached hydrogens (tertiary/aromatic N) is 1. The molecule has 3 heteroatoms. The Kier molecular flexibility index (Phi) is 1.77. The van der Waals surface area contributed by atoms with E-state index in [4.69, 9.17) is 9.15 Å². The van der Waals surface area contributed by atoms with Crippen LogP contribution in [0.5, 0.6) is 0 Å². The Hall–Kier alpha value is -1.09. The Balaban J connectivity index is 2.24. The molecule has 0 aromatic carbocycles. The molecule has 2 heterocycles. The van der Waals surface area contributed by atoms with Gasteiger partial charge in [0.2, 0.25) is 6.23 Å². The van der Waals surface area contributed by atoms with Crippen molar-refractivity contribution in [2.45, 2.75) is 32.6 Å². The van der Waals surface area contributed by atoms with Crippen LogP contribution in [-0.4, -0.2) is 11.3 Å². The van der Waals surface area contributed by atoms with Crippen LogP contribution < -0.4 is 0 Å². The van der Waals surface area contributed by atoms with E-state index in [-0.39, 0.29) is 11.8 Å². The molecule has 0 fully saturated rings. The first-order valence-corrected chi connectivity index (χ1v) is 4.36. The van der Waals surface area contributed by atoms with Crippen molar-refractivity contribution in [2.24, 2.45) is 4.99 Å². The molecule has 0 saturated carbocycles. The van der Waals surface area contributed by atoms with Gasteiger partial charge in [-0.3, -0.25) is 4.99 Å². The van der Waals surface area contributed by atoms with Gasteiger partial charge in [0.1, 0.15) is 5.60 Å². The number of hydrogen-bond acceptors (Lipinski definition) is 3. The largest absolute Gasteiger partial charge is 0.464 e. The van der Waals surface area contributed by atoms with Crippen molar-refractivity contribution in [2.75, 3.05) is 0 Å². The third-order valence-corrected chi connectivity index (χ3v) is 2.38. The fourth-order valence-electron chi connectivity index (χ4n) is 1.28. The zero-order chi connectivity index (χ0) is 9.47. The molecule has 0 saturated heterocycles. The van der Waals surface area contributed by atoms with Crippen LogP contribution in [0, 0.1) is 0 Å². The minimum atomic E-state index is -0.266. The van der Waals surface area contributed by atoms with E-state index in [1.54, 1.807) is 6.26 Å². The molecule has 1 atom stereocenters. The van der Waals surface area contributed by atoms with Crippen LogP contribution in [-0.2, 0) is 4.74 Å². The number of aliphatic imine (C=N–C) groups is 1. The molecule has 0 N–H and O–H groups in total. The average molecular weight is 179 g/mol. The zero-order valence-electron chi connectivity index (χ0n) is 8.07. The predicted octanol–water partition coefficient (Wildman–Crippen LogP) is 2.55. The Morgan fingerprint density at radius 2 is 2.23 bits per heavy atom. The molecule has 13 heavy (non-hydrogen) atoms. The number of furan rings is 1. The molecule has 0 aliphatic carbocycles. The predicted molar refractivity (Wildman–Crippen MR) is 49.7 cm³/mol. The summed E-state index contributed by atoms with van der Waals surface area (Å²) in [5.41, 5.74) is 0.742.